The molecule has 112 valence electrons. The molecule has 2 N–H and O–H groups in total. The van der Waals surface area contributed by atoms with E-state index in [0.29, 0.717) is 11.1 Å². The highest BCUT2D eigenvalue weighted by Crippen LogP contribution is 2.34. The normalized spacial score (nSPS) is 13.2. The van der Waals surface area contributed by atoms with E-state index in [1.807, 2.05) is 0 Å². The first-order valence-corrected chi connectivity index (χ1v) is 8.17. The third-order valence-corrected chi connectivity index (χ3v) is 4.88. The van der Waals surface area contributed by atoms with Crippen molar-refractivity contribution in [3.8, 4) is 0 Å². The summed E-state index contributed by atoms with van der Waals surface area (Å²) in [6.45, 7) is 0. The van der Waals surface area contributed by atoms with Crippen LogP contribution in [-0.4, -0.2) is 18.1 Å². The van der Waals surface area contributed by atoms with E-state index in [-0.39, 0.29) is 20.0 Å². The first-order chi connectivity index (χ1) is 9.70. The Kier molecular flexibility index (Phi) is 4.82. The van der Waals surface area contributed by atoms with Gasteiger partial charge >= 0.3 is 0 Å². The van der Waals surface area contributed by atoms with Gasteiger partial charge in [0.1, 0.15) is 6.10 Å². The minimum absolute atomic E-state index is 0.191. The van der Waals surface area contributed by atoms with Crippen LogP contribution in [0, 0.1) is 0 Å². The van der Waals surface area contributed by atoms with Gasteiger partial charge in [-0.05, 0) is 35.4 Å². The van der Waals surface area contributed by atoms with Crippen molar-refractivity contribution in [3.05, 3.63) is 62.6 Å². The van der Waals surface area contributed by atoms with Crippen LogP contribution in [0.3, 0.4) is 0 Å². The van der Waals surface area contributed by atoms with Crippen LogP contribution in [0.5, 0.6) is 0 Å². The Labute approximate surface area is 136 Å². The van der Waals surface area contributed by atoms with Crippen molar-refractivity contribution in [2.75, 3.05) is 0 Å². The van der Waals surface area contributed by atoms with Gasteiger partial charge < -0.3 is 5.11 Å². The molecule has 0 spiro atoms. The van der Waals surface area contributed by atoms with Gasteiger partial charge in [-0.1, -0.05) is 46.9 Å². The van der Waals surface area contributed by atoms with Gasteiger partial charge in [0.2, 0.25) is 0 Å². The van der Waals surface area contributed by atoms with Gasteiger partial charge in [0.15, 0.2) is 0 Å². The SMILES string of the molecule is O=S(=O)(O)c1ccc(C(O)c2cc(Cl)c(Cl)c(Cl)c2)cc1. The zero-order valence-electron chi connectivity index (χ0n) is 10.3. The van der Waals surface area contributed by atoms with Gasteiger partial charge in [0.25, 0.3) is 10.1 Å². The molecule has 0 aromatic heterocycles. The van der Waals surface area contributed by atoms with E-state index in [1.165, 1.54) is 36.4 Å². The highest BCUT2D eigenvalue weighted by molar-refractivity contribution is 7.85. The van der Waals surface area contributed by atoms with Crippen LogP contribution in [0.1, 0.15) is 17.2 Å². The fraction of sp³-hybridized carbons (Fsp3) is 0.0769. The minimum Gasteiger partial charge on any atom is -0.384 e. The van der Waals surface area contributed by atoms with Crippen molar-refractivity contribution in [2.24, 2.45) is 0 Å². The lowest BCUT2D eigenvalue weighted by molar-refractivity contribution is 0.220. The van der Waals surface area contributed by atoms with E-state index >= 15 is 0 Å². The topological polar surface area (TPSA) is 74.6 Å². The number of aliphatic hydroxyl groups is 1. The Bertz CT molecular complexity index is 749. The van der Waals surface area contributed by atoms with Crippen molar-refractivity contribution < 1.29 is 18.1 Å². The Hall–Kier alpha value is -0.820. The van der Waals surface area contributed by atoms with Gasteiger partial charge in [-0.2, -0.15) is 8.42 Å². The van der Waals surface area contributed by atoms with Gasteiger partial charge in [-0.25, -0.2) is 0 Å². The molecule has 1 unspecified atom stereocenters. The number of rotatable bonds is 3. The Morgan fingerprint density at radius 3 is 1.81 bits per heavy atom. The molecule has 1 atom stereocenters. The molecule has 0 aliphatic rings. The van der Waals surface area contributed by atoms with Crippen LogP contribution in [0.2, 0.25) is 15.1 Å². The first-order valence-electron chi connectivity index (χ1n) is 5.60. The van der Waals surface area contributed by atoms with E-state index in [4.69, 9.17) is 39.4 Å². The van der Waals surface area contributed by atoms with Gasteiger partial charge in [0.05, 0.1) is 20.0 Å². The lowest BCUT2D eigenvalue weighted by Gasteiger charge is -2.13. The molecule has 0 radical (unpaired) electrons. The predicted molar refractivity (Wildman–Crippen MR) is 81.8 cm³/mol. The first kappa shape index (κ1) is 16.5. The molecule has 0 fully saturated rings. The summed E-state index contributed by atoms with van der Waals surface area (Å²) in [5.74, 6) is 0. The zero-order valence-corrected chi connectivity index (χ0v) is 13.4. The van der Waals surface area contributed by atoms with Gasteiger partial charge in [0, 0.05) is 0 Å². The average Bonchev–Trinajstić information content (AvgIpc) is 2.42. The molecule has 2 aromatic rings. The highest BCUT2D eigenvalue weighted by atomic mass is 35.5. The molecule has 0 aliphatic carbocycles. The molecule has 21 heavy (non-hydrogen) atoms. The largest absolute Gasteiger partial charge is 0.384 e. The summed E-state index contributed by atoms with van der Waals surface area (Å²) in [7, 11) is -4.27. The number of halogens is 3. The smallest absolute Gasteiger partial charge is 0.294 e. The quantitative estimate of drug-likeness (QED) is 0.636. The summed E-state index contributed by atoms with van der Waals surface area (Å²) >= 11 is 17.6. The molecule has 0 heterocycles. The molecule has 0 saturated heterocycles. The van der Waals surface area contributed by atoms with Crippen LogP contribution in [0.15, 0.2) is 41.3 Å². The number of aliphatic hydroxyl groups excluding tert-OH is 1. The van der Waals surface area contributed by atoms with Crippen molar-refractivity contribution in [1.29, 1.82) is 0 Å². The highest BCUT2D eigenvalue weighted by Gasteiger charge is 2.16. The summed E-state index contributed by atoms with van der Waals surface area (Å²) in [5.41, 5.74) is 0.825. The molecular formula is C13H9Cl3O4S. The maximum Gasteiger partial charge on any atom is 0.294 e. The Morgan fingerprint density at radius 2 is 1.38 bits per heavy atom. The van der Waals surface area contributed by atoms with E-state index in [2.05, 4.69) is 0 Å². The van der Waals surface area contributed by atoms with Crippen LogP contribution in [0.4, 0.5) is 0 Å². The van der Waals surface area contributed by atoms with E-state index < -0.39 is 16.2 Å². The lowest BCUT2D eigenvalue weighted by Crippen LogP contribution is -2.02. The van der Waals surface area contributed by atoms with E-state index in [1.54, 1.807) is 0 Å². The lowest BCUT2D eigenvalue weighted by atomic mass is 10.0. The average molecular weight is 368 g/mol. The molecule has 0 aliphatic heterocycles. The monoisotopic (exact) mass is 366 g/mol. The molecule has 0 bridgehead atoms. The van der Waals surface area contributed by atoms with Crippen molar-refractivity contribution in [1.82, 2.24) is 0 Å². The second kappa shape index (κ2) is 6.12. The second-order valence-corrected chi connectivity index (χ2v) is 6.86. The third kappa shape index (κ3) is 3.69. The van der Waals surface area contributed by atoms with Crippen molar-refractivity contribution in [2.45, 2.75) is 11.0 Å². The summed E-state index contributed by atoms with van der Waals surface area (Å²) < 4.78 is 30.8. The van der Waals surface area contributed by atoms with E-state index in [9.17, 15) is 13.5 Å². The molecular weight excluding hydrogens is 359 g/mol. The third-order valence-electron chi connectivity index (χ3n) is 2.82. The van der Waals surface area contributed by atoms with Crippen LogP contribution in [-0.2, 0) is 10.1 Å². The summed E-state index contributed by atoms with van der Waals surface area (Å²) in [6.07, 6.45) is -1.06. The van der Waals surface area contributed by atoms with Crippen LogP contribution < -0.4 is 0 Å². The maximum atomic E-state index is 11.0. The summed E-state index contributed by atoms with van der Waals surface area (Å²) in [6, 6.07) is 8.07. The molecule has 2 rings (SSSR count). The fourth-order valence-electron chi connectivity index (χ4n) is 1.75. The molecule has 2 aromatic carbocycles. The second-order valence-electron chi connectivity index (χ2n) is 4.25. The van der Waals surface area contributed by atoms with E-state index in [0.717, 1.165) is 0 Å². The summed E-state index contributed by atoms with van der Waals surface area (Å²) in [5, 5.41) is 10.8. The van der Waals surface area contributed by atoms with Crippen molar-refractivity contribution >= 4 is 44.9 Å². The Balaban J connectivity index is 2.38. The zero-order chi connectivity index (χ0) is 15.8. The predicted octanol–water partition coefficient (Wildman–Crippen LogP) is 3.98. The van der Waals surface area contributed by atoms with Gasteiger partial charge in [-0.3, -0.25) is 4.55 Å². The standard InChI is InChI=1S/C13H9Cl3O4S/c14-10-5-8(6-11(15)12(10)16)13(17)7-1-3-9(4-2-7)21(18,19)20/h1-6,13,17H,(H,18,19,20). The number of hydrogen-bond acceptors (Lipinski definition) is 3. The number of benzene rings is 2. The minimum atomic E-state index is -4.27. The molecule has 0 amide bonds. The van der Waals surface area contributed by atoms with Crippen molar-refractivity contribution in [3.63, 3.8) is 0 Å². The fourth-order valence-corrected chi connectivity index (χ4v) is 2.84. The molecule has 4 nitrogen and oxygen atoms in total. The number of hydrogen-bond donors (Lipinski definition) is 2. The van der Waals surface area contributed by atoms with Crippen LogP contribution in [0.25, 0.3) is 0 Å². The molecule has 8 heteroatoms. The summed E-state index contributed by atoms with van der Waals surface area (Å²) in [4.78, 5) is -0.259. The van der Waals surface area contributed by atoms with Gasteiger partial charge in [-0.15, -0.1) is 0 Å². The van der Waals surface area contributed by atoms with Crippen LogP contribution >= 0.6 is 34.8 Å². The maximum absolute atomic E-state index is 11.0. The molecule has 0 saturated carbocycles. The Morgan fingerprint density at radius 1 is 0.905 bits per heavy atom.